The number of hydrogen-bond acceptors (Lipinski definition) is 2. The van der Waals surface area contributed by atoms with E-state index in [1.807, 2.05) is 30.3 Å². The molecule has 1 amide bonds. The van der Waals surface area contributed by atoms with Crippen LogP contribution < -0.4 is 5.32 Å². The minimum atomic E-state index is -0.645. The van der Waals surface area contributed by atoms with Crippen LogP contribution in [0.3, 0.4) is 0 Å². The molecule has 0 aromatic heterocycles. The Balaban J connectivity index is 1.85. The Labute approximate surface area is 127 Å². The van der Waals surface area contributed by atoms with Gasteiger partial charge in [-0.1, -0.05) is 41.9 Å². The van der Waals surface area contributed by atoms with Crippen LogP contribution >= 0.6 is 11.6 Å². The Morgan fingerprint density at radius 1 is 1.24 bits per heavy atom. The van der Waals surface area contributed by atoms with Gasteiger partial charge in [-0.25, -0.2) is 4.39 Å². The van der Waals surface area contributed by atoms with Crippen LogP contribution in [0, 0.1) is 5.82 Å². The summed E-state index contributed by atoms with van der Waals surface area (Å²) in [7, 11) is 0. The molecule has 2 N–H and O–H groups in total. The second-order valence-corrected chi connectivity index (χ2v) is 5.01. The molecule has 21 heavy (non-hydrogen) atoms. The number of amides is 1. The van der Waals surface area contributed by atoms with Gasteiger partial charge in [0, 0.05) is 12.1 Å². The molecule has 0 aliphatic heterocycles. The lowest BCUT2D eigenvalue weighted by Crippen LogP contribution is -2.25. The summed E-state index contributed by atoms with van der Waals surface area (Å²) in [6.45, 7) is 0.291. The van der Waals surface area contributed by atoms with Gasteiger partial charge in [0.05, 0.1) is 11.1 Å². The standard InChI is InChI=1S/C16H15ClFNO2/c17-13-7-6-12(10-14(13)18)16(21)19-9-8-15(20)11-4-2-1-3-5-11/h1-7,10,15,20H,8-9H2,(H,19,21). The molecular weight excluding hydrogens is 293 g/mol. The molecule has 0 fully saturated rings. The van der Waals surface area contributed by atoms with E-state index in [2.05, 4.69) is 5.32 Å². The SMILES string of the molecule is O=C(NCCC(O)c1ccccc1)c1ccc(Cl)c(F)c1. The van der Waals surface area contributed by atoms with Gasteiger partial charge >= 0.3 is 0 Å². The maximum absolute atomic E-state index is 13.3. The maximum atomic E-state index is 13.3. The summed E-state index contributed by atoms with van der Waals surface area (Å²) in [5, 5.41) is 12.6. The lowest BCUT2D eigenvalue weighted by molar-refractivity contribution is 0.0942. The predicted molar refractivity (Wildman–Crippen MR) is 79.8 cm³/mol. The molecule has 5 heteroatoms. The van der Waals surface area contributed by atoms with Crippen molar-refractivity contribution in [3.63, 3.8) is 0 Å². The fraction of sp³-hybridized carbons (Fsp3) is 0.188. The van der Waals surface area contributed by atoms with E-state index in [0.717, 1.165) is 11.6 Å². The van der Waals surface area contributed by atoms with Crippen molar-refractivity contribution in [3.05, 3.63) is 70.5 Å². The smallest absolute Gasteiger partial charge is 0.251 e. The topological polar surface area (TPSA) is 49.3 Å². The average molecular weight is 308 g/mol. The number of carbonyl (C=O) groups excluding carboxylic acids is 1. The third-order valence-corrected chi connectivity index (χ3v) is 3.38. The van der Waals surface area contributed by atoms with Crippen LogP contribution in [-0.2, 0) is 0 Å². The molecule has 1 atom stereocenters. The van der Waals surface area contributed by atoms with E-state index in [1.54, 1.807) is 0 Å². The van der Waals surface area contributed by atoms with Crippen LogP contribution in [0.2, 0.25) is 5.02 Å². The number of aliphatic hydroxyl groups is 1. The number of benzene rings is 2. The van der Waals surface area contributed by atoms with E-state index >= 15 is 0 Å². The van der Waals surface area contributed by atoms with E-state index in [-0.39, 0.29) is 10.6 Å². The summed E-state index contributed by atoms with van der Waals surface area (Å²) >= 11 is 5.56. The maximum Gasteiger partial charge on any atom is 0.251 e. The van der Waals surface area contributed by atoms with Gasteiger partial charge in [-0.2, -0.15) is 0 Å². The van der Waals surface area contributed by atoms with Gasteiger partial charge in [-0.3, -0.25) is 4.79 Å². The first-order valence-corrected chi connectivity index (χ1v) is 6.92. The molecule has 0 aliphatic carbocycles. The van der Waals surface area contributed by atoms with Crippen molar-refractivity contribution in [2.24, 2.45) is 0 Å². The van der Waals surface area contributed by atoms with E-state index in [9.17, 15) is 14.3 Å². The van der Waals surface area contributed by atoms with Gasteiger partial charge in [0.15, 0.2) is 0 Å². The van der Waals surface area contributed by atoms with Crippen LogP contribution in [-0.4, -0.2) is 17.6 Å². The molecule has 0 saturated heterocycles. The predicted octanol–water partition coefficient (Wildman–Crippen LogP) is 3.33. The second kappa shape index (κ2) is 7.20. The number of hydrogen-bond donors (Lipinski definition) is 2. The molecule has 1 unspecified atom stereocenters. The summed E-state index contributed by atoms with van der Waals surface area (Å²) in [5.74, 6) is -1.03. The molecule has 110 valence electrons. The first-order chi connectivity index (χ1) is 10.1. The monoisotopic (exact) mass is 307 g/mol. The van der Waals surface area contributed by atoms with E-state index in [4.69, 9.17) is 11.6 Å². The Hall–Kier alpha value is -1.91. The van der Waals surface area contributed by atoms with Crippen LogP contribution in [0.25, 0.3) is 0 Å². The highest BCUT2D eigenvalue weighted by molar-refractivity contribution is 6.30. The van der Waals surface area contributed by atoms with Crippen LogP contribution in [0.15, 0.2) is 48.5 Å². The van der Waals surface area contributed by atoms with Crippen LogP contribution in [0.4, 0.5) is 4.39 Å². The van der Waals surface area contributed by atoms with Gasteiger partial charge in [0.25, 0.3) is 5.91 Å². The van der Waals surface area contributed by atoms with Crippen LogP contribution in [0.5, 0.6) is 0 Å². The van der Waals surface area contributed by atoms with E-state index < -0.39 is 17.8 Å². The molecule has 0 aliphatic rings. The van der Waals surface area contributed by atoms with Crippen molar-refractivity contribution in [1.29, 1.82) is 0 Å². The third kappa shape index (κ3) is 4.28. The van der Waals surface area contributed by atoms with E-state index in [1.165, 1.54) is 12.1 Å². The van der Waals surface area contributed by atoms with Gasteiger partial charge in [0.2, 0.25) is 0 Å². The highest BCUT2D eigenvalue weighted by Gasteiger charge is 2.10. The average Bonchev–Trinajstić information content (AvgIpc) is 2.50. The fourth-order valence-electron chi connectivity index (χ4n) is 1.90. The van der Waals surface area contributed by atoms with Crippen molar-refractivity contribution < 1.29 is 14.3 Å². The summed E-state index contributed by atoms with van der Waals surface area (Å²) in [5.41, 5.74) is 0.996. The first-order valence-electron chi connectivity index (χ1n) is 6.54. The molecule has 0 heterocycles. The number of rotatable bonds is 5. The molecule has 2 rings (SSSR count). The minimum Gasteiger partial charge on any atom is -0.388 e. The molecule has 0 saturated carbocycles. The molecule has 0 spiro atoms. The third-order valence-electron chi connectivity index (χ3n) is 3.07. The lowest BCUT2D eigenvalue weighted by atomic mass is 10.1. The molecule has 0 bridgehead atoms. The number of nitrogens with one attached hydrogen (secondary N) is 1. The molecule has 2 aromatic rings. The zero-order valence-electron chi connectivity index (χ0n) is 11.2. The van der Waals surface area contributed by atoms with E-state index in [0.29, 0.717) is 13.0 Å². The Morgan fingerprint density at radius 2 is 1.95 bits per heavy atom. The summed E-state index contributed by atoms with van der Waals surface area (Å²) in [6, 6.07) is 13.1. The molecule has 3 nitrogen and oxygen atoms in total. The number of carbonyl (C=O) groups is 1. The number of halogens is 2. The molecule has 2 aromatic carbocycles. The second-order valence-electron chi connectivity index (χ2n) is 4.60. The Morgan fingerprint density at radius 3 is 2.62 bits per heavy atom. The highest BCUT2D eigenvalue weighted by Crippen LogP contribution is 2.16. The minimum absolute atomic E-state index is 0.0222. The quantitative estimate of drug-likeness (QED) is 0.890. The van der Waals surface area contributed by atoms with Gasteiger partial charge in [-0.05, 0) is 30.2 Å². The van der Waals surface area contributed by atoms with Gasteiger partial charge in [0.1, 0.15) is 5.82 Å². The van der Waals surface area contributed by atoms with Crippen molar-refractivity contribution in [2.75, 3.05) is 6.54 Å². The Bertz CT molecular complexity index is 619. The zero-order chi connectivity index (χ0) is 15.2. The summed E-state index contributed by atoms with van der Waals surface area (Å²) in [6.07, 6.45) is -0.264. The van der Waals surface area contributed by atoms with Crippen molar-refractivity contribution >= 4 is 17.5 Å². The highest BCUT2D eigenvalue weighted by atomic mass is 35.5. The first kappa shape index (κ1) is 15.5. The van der Waals surface area contributed by atoms with Crippen molar-refractivity contribution in [2.45, 2.75) is 12.5 Å². The normalized spacial score (nSPS) is 12.0. The lowest BCUT2D eigenvalue weighted by Gasteiger charge is -2.11. The summed E-state index contributed by atoms with van der Waals surface area (Å²) in [4.78, 5) is 11.8. The van der Waals surface area contributed by atoms with Crippen LogP contribution in [0.1, 0.15) is 28.4 Å². The molecular formula is C16H15ClFNO2. The van der Waals surface area contributed by atoms with Gasteiger partial charge < -0.3 is 10.4 Å². The Kier molecular flexibility index (Phi) is 5.31. The largest absolute Gasteiger partial charge is 0.388 e. The summed E-state index contributed by atoms with van der Waals surface area (Å²) < 4.78 is 13.3. The molecule has 0 radical (unpaired) electrons. The zero-order valence-corrected chi connectivity index (χ0v) is 12.0. The van der Waals surface area contributed by atoms with Crippen molar-refractivity contribution in [1.82, 2.24) is 5.32 Å². The van der Waals surface area contributed by atoms with Crippen molar-refractivity contribution in [3.8, 4) is 0 Å². The fourth-order valence-corrected chi connectivity index (χ4v) is 2.02. The number of aliphatic hydroxyl groups excluding tert-OH is 1. The van der Waals surface area contributed by atoms with Gasteiger partial charge in [-0.15, -0.1) is 0 Å².